The molecule has 0 bridgehead atoms. The van der Waals surface area contributed by atoms with E-state index in [-0.39, 0.29) is 23.4 Å². The minimum atomic E-state index is -0.785. The van der Waals surface area contributed by atoms with Crippen molar-refractivity contribution < 1.29 is 4.74 Å². The van der Waals surface area contributed by atoms with E-state index >= 15 is 0 Å². The molecule has 1 rings (SSSR count). The van der Waals surface area contributed by atoms with Crippen LogP contribution in [0.3, 0.4) is 0 Å². The first kappa shape index (κ1) is 17.5. The quantitative estimate of drug-likeness (QED) is 0.797. The van der Waals surface area contributed by atoms with Gasteiger partial charge in [-0.3, -0.25) is 0 Å². The second-order valence-corrected chi connectivity index (χ2v) is 5.34. The number of aromatic nitrogens is 2. The van der Waals surface area contributed by atoms with Gasteiger partial charge in [0.2, 0.25) is 11.8 Å². The average Bonchev–Trinajstić information content (AvgIpc) is 2.47. The van der Waals surface area contributed by atoms with Gasteiger partial charge in [-0.1, -0.05) is 6.92 Å². The summed E-state index contributed by atoms with van der Waals surface area (Å²) in [6.45, 7) is 9.76. The van der Waals surface area contributed by atoms with Crippen LogP contribution in [0.25, 0.3) is 0 Å². The first-order valence-corrected chi connectivity index (χ1v) is 7.30. The van der Waals surface area contributed by atoms with Crippen LogP contribution in [-0.2, 0) is 0 Å². The van der Waals surface area contributed by atoms with Crippen molar-refractivity contribution in [1.29, 1.82) is 10.5 Å². The van der Waals surface area contributed by atoms with E-state index in [0.717, 1.165) is 0 Å². The summed E-state index contributed by atoms with van der Waals surface area (Å²) in [6.07, 6.45) is 0.587. The number of ether oxygens (including phenoxy) is 1. The van der Waals surface area contributed by atoms with E-state index in [1.165, 1.54) is 0 Å². The number of rotatable bonds is 7. The SMILES string of the molecule is CCOc1nc(NC(C)(C#N)CC)nc(NC(C)C)c1C#N. The third kappa shape index (κ3) is 4.23. The third-order valence-electron chi connectivity index (χ3n) is 3.04. The van der Waals surface area contributed by atoms with Crippen molar-refractivity contribution in [3.8, 4) is 18.0 Å². The summed E-state index contributed by atoms with van der Waals surface area (Å²) in [5.41, 5.74) is -0.525. The number of nitriles is 2. The lowest BCUT2D eigenvalue weighted by Crippen LogP contribution is -2.33. The molecule has 118 valence electrons. The maximum absolute atomic E-state index is 9.33. The van der Waals surface area contributed by atoms with E-state index in [0.29, 0.717) is 18.8 Å². The van der Waals surface area contributed by atoms with E-state index in [4.69, 9.17) is 4.74 Å². The molecular formula is C15H22N6O. The molecule has 0 saturated heterocycles. The van der Waals surface area contributed by atoms with Gasteiger partial charge in [-0.25, -0.2) is 0 Å². The predicted molar refractivity (Wildman–Crippen MR) is 84.6 cm³/mol. The molecule has 0 saturated carbocycles. The Morgan fingerprint density at radius 2 is 1.95 bits per heavy atom. The van der Waals surface area contributed by atoms with E-state index in [2.05, 4.69) is 32.7 Å². The summed E-state index contributed by atoms with van der Waals surface area (Å²) < 4.78 is 5.44. The van der Waals surface area contributed by atoms with Crippen molar-refractivity contribution in [3.05, 3.63) is 5.56 Å². The zero-order valence-electron chi connectivity index (χ0n) is 13.7. The van der Waals surface area contributed by atoms with E-state index in [9.17, 15) is 10.5 Å². The normalized spacial score (nSPS) is 12.9. The maximum Gasteiger partial charge on any atom is 0.238 e. The molecule has 1 aromatic heterocycles. The van der Waals surface area contributed by atoms with Gasteiger partial charge in [0, 0.05) is 6.04 Å². The van der Waals surface area contributed by atoms with Crippen LogP contribution in [0.15, 0.2) is 0 Å². The summed E-state index contributed by atoms with van der Waals surface area (Å²) in [4.78, 5) is 8.54. The van der Waals surface area contributed by atoms with Crippen LogP contribution in [0.2, 0.25) is 0 Å². The Morgan fingerprint density at radius 3 is 2.41 bits per heavy atom. The minimum absolute atomic E-state index is 0.0952. The van der Waals surface area contributed by atoms with Crippen LogP contribution in [0, 0.1) is 22.7 Å². The van der Waals surface area contributed by atoms with Gasteiger partial charge in [-0.2, -0.15) is 20.5 Å². The Morgan fingerprint density at radius 1 is 1.27 bits per heavy atom. The van der Waals surface area contributed by atoms with Gasteiger partial charge in [-0.15, -0.1) is 0 Å². The summed E-state index contributed by atoms with van der Waals surface area (Å²) >= 11 is 0. The number of nitrogens with zero attached hydrogens (tertiary/aromatic N) is 4. The Balaban J connectivity index is 3.33. The molecule has 7 heteroatoms. The lowest BCUT2D eigenvalue weighted by Gasteiger charge is -2.22. The smallest absolute Gasteiger partial charge is 0.238 e. The highest BCUT2D eigenvalue weighted by Crippen LogP contribution is 2.26. The zero-order chi connectivity index (χ0) is 16.8. The monoisotopic (exact) mass is 302 g/mol. The molecule has 7 nitrogen and oxygen atoms in total. The van der Waals surface area contributed by atoms with Crippen LogP contribution in [-0.4, -0.2) is 28.2 Å². The van der Waals surface area contributed by atoms with Crippen LogP contribution >= 0.6 is 0 Å². The lowest BCUT2D eigenvalue weighted by atomic mass is 10.0. The molecule has 0 fully saturated rings. The predicted octanol–water partition coefficient (Wildman–Crippen LogP) is 2.67. The molecule has 1 unspecified atom stereocenters. The molecule has 0 amide bonds. The number of hydrogen-bond acceptors (Lipinski definition) is 7. The van der Waals surface area contributed by atoms with Crippen LogP contribution in [0.5, 0.6) is 5.88 Å². The molecule has 0 spiro atoms. The summed E-state index contributed by atoms with van der Waals surface area (Å²) in [7, 11) is 0. The van der Waals surface area contributed by atoms with Crippen molar-refractivity contribution in [2.24, 2.45) is 0 Å². The Hall–Kier alpha value is -2.54. The zero-order valence-corrected chi connectivity index (χ0v) is 13.7. The Bertz CT molecular complexity index is 601. The second-order valence-electron chi connectivity index (χ2n) is 5.34. The van der Waals surface area contributed by atoms with Crippen LogP contribution in [0.4, 0.5) is 11.8 Å². The van der Waals surface area contributed by atoms with Crippen molar-refractivity contribution in [2.75, 3.05) is 17.2 Å². The Labute approximate surface area is 131 Å². The fraction of sp³-hybridized carbons (Fsp3) is 0.600. The second kappa shape index (κ2) is 7.46. The van der Waals surface area contributed by atoms with Gasteiger partial charge >= 0.3 is 0 Å². The third-order valence-corrected chi connectivity index (χ3v) is 3.04. The van der Waals surface area contributed by atoms with Crippen molar-refractivity contribution >= 4 is 11.8 Å². The van der Waals surface area contributed by atoms with Gasteiger partial charge in [0.15, 0.2) is 11.4 Å². The first-order valence-electron chi connectivity index (χ1n) is 7.30. The van der Waals surface area contributed by atoms with Crippen molar-refractivity contribution in [3.63, 3.8) is 0 Å². The standard InChI is InChI=1S/C15H22N6O/c1-6-15(5,9-17)21-14-19-12(18-10(3)4)11(8-16)13(20-14)22-7-2/h10H,6-7H2,1-5H3,(H2,18,19,20,21). The van der Waals surface area contributed by atoms with Crippen molar-refractivity contribution in [1.82, 2.24) is 9.97 Å². The molecule has 1 heterocycles. The highest BCUT2D eigenvalue weighted by atomic mass is 16.5. The van der Waals surface area contributed by atoms with E-state index in [1.807, 2.05) is 27.7 Å². The van der Waals surface area contributed by atoms with Crippen LogP contribution in [0.1, 0.15) is 46.6 Å². The summed E-state index contributed by atoms with van der Waals surface area (Å²) in [5.74, 6) is 0.869. The lowest BCUT2D eigenvalue weighted by molar-refractivity contribution is 0.325. The number of hydrogen-bond donors (Lipinski definition) is 2. The topological polar surface area (TPSA) is 107 Å². The summed E-state index contributed by atoms with van der Waals surface area (Å²) in [5, 5.41) is 24.7. The molecule has 0 radical (unpaired) electrons. The molecule has 0 aliphatic rings. The molecule has 0 aromatic carbocycles. The number of anilines is 2. The van der Waals surface area contributed by atoms with Gasteiger partial charge in [0.1, 0.15) is 11.6 Å². The molecule has 1 atom stereocenters. The molecule has 0 aliphatic carbocycles. The molecule has 22 heavy (non-hydrogen) atoms. The molecule has 2 N–H and O–H groups in total. The first-order chi connectivity index (χ1) is 10.4. The molecule has 1 aromatic rings. The average molecular weight is 302 g/mol. The molecule has 0 aliphatic heterocycles. The van der Waals surface area contributed by atoms with E-state index in [1.54, 1.807) is 6.92 Å². The molecular weight excluding hydrogens is 280 g/mol. The summed E-state index contributed by atoms with van der Waals surface area (Å²) in [6, 6.07) is 4.36. The highest BCUT2D eigenvalue weighted by molar-refractivity contribution is 5.60. The minimum Gasteiger partial charge on any atom is -0.477 e. The largest absolute Gasteiger partial charge is 0.477 e. The van der Waals surface area contributed by atoms with Gasteiger partial charge in [0.05, 0.1) is 12.7 Å². The maximum atomic E-state index is 9.33. The van der Waals surface area contributed by atoms with Crippen molar-refractivity contribution in [2.45, 2.75) is 52.6 Å². The van der Waals surface area contributed by atoms with E-state index < -0.39 is 5.54 Å². The number of nitrogens with one attached hydrogen (secondary N) is 2. The van der Waals surface area contributed by atoms with Gasteiger partial charge < -0.3 is 15.4 Å². The van der Waals surface area contributed by atoms with Gasteiger partial charge in [-0.05, 0) is 34.1 Å². The highest BCUT2D eigenvalue weighted by Gasteiger charge is 2.24. The fourth-order valence-electron chi connectivity index (χ4n) is 1.66. The Kier molecular flexibility index (Phi) is 5.94. The van der Waals surface area contributed by atoms with Crippen LogP contribution < -0.4 is 15.4 Å². The fourth-order valence-corrected chi connectivity index (χ4v) is 1.66. The van der Waals surface area contributed by atoms with Gasteiger partial charge in [0.25, 0.3) is 0 Å².